The van der Waals surface area contributed by atoms with E-state index < -0.39 is 5.82 Å². The minimum atomic E-state index is -0.396. The number of halogens is 2. The summed E-state index contributed by atoms with van der Waals surface area (Å²) in [7, 11) is 0. The van der Waals surface area contributed by atoms with Crippen LogP contribution < -0.4 is 5.32 Å². The van der Waals surface area contributed by atoms with E-state index in [1.165, 1.54) is 36.2 Å². The van der Waals surface area contributed by atoms with Gasteiger partial charge in [0.25, 0.3) is 0 Å². The summed E-state index contributed by atoms with van der Waals surface area (Å²) in [5, 5.41) is 10.8. The van der Waals surface area contributed by atoms with Crippen molar-refractivity contribution in [2.45, 2.75) is 0 Å². The van der Waals surface area contributed by atoms with Crippen LogP contribution in [-0.2, 0) is 4.79 Å². The zero-order valence-corrected chi connectivity index (χ0v) is 10.1. The molecule has 1 saturated heterocycles. The number of amidine groups is 1. The molecule has 1 fully saturated rings. The highest BCUT2D eigenvalue weighted by molar-refractivity contribution is 8.15. The fraction of sp³-hybridized carbons (Fsp3) is 0.100. The van der Waals surface area contributed by atoms with E-state index in [1.54, 1.807) is 0 Å². The van der Waals surface area contributed by atoms with Crippen LogP contribution in [0.25, 0.3) is 0 Å². The molecule has 0 bridgehead atoms. The summed E-state index contributed by atoms with van der Waals surface area (Å²) in [4.78, 5) is 10.9. The van der Waals surface area contributed by atoms with E-state index in [4.69, 9.17) is 11.6 Å². The molecule has 17 heavy (non-hydrogen) atoms. The van der Waals surface area contributed by atoms with Crippen LogP contribution in [-0.4, -0.2) is 23.0 Å². The first-order valence-corrected chi connectivity index (χ1v) is 6.00. The summed E-state index contributed by atoms with van der Waals surface area (Å²) in [5.41, 5.74) is 0.436. The number of rotatable bonds is 2. The lowest BCUT2D eigenvalue weighted by Gasteiger charge is -1.96. The molecule has 1 N–H and O–H groups in total. The summed E-state index contributed by atoms with van der Waals surface area (Å²) in [6.07, 6.45) is 1.34. The highest BCUT2D eigenvalue weighted by Crippen LogP contribution is 2.15. The second-order valence-electron chi connectivity index (χ2n) is 3.15. The van der Waals surface area contributed by atoms with E-state index in [0.29, 0.717) is 21.5 Å². The highest BCUT2D eigenvalue weighted by Gasteiger charge is 2.15. The van der Waals surface area contributed by atoms with Gasteiger partial charge in [0.2, 0.25) is 5.91 Å². The number of nitrogens with zero attached hydrogens (tertiary/aromatic N) is 2. The van der Waals surface area contributed by atoms with Gasteiger partial charge in [-0.3, -0.25) is 4.79 Å². The molecule has 0 aliphatic carbocycles. The Morgan fingerprint density at radius 3 is 3.06 bits per heavy atom. The van der Waals surface area contributed by atoms with Gasteiger partial charge >= 0.3 is 0 Å². The lowest BCUT2D eigenvalue weighted by atomic mass is 10.2. The summed E-state index contributed by atoms with van der Waals surface area (Å²) in [6, 6.07) is 3.96. The normalized spacial score (nSPS) is 18.0. The maximum absolute atomic E-state index is 12.9. The lowest BCUT2D eigenvalue weighted by molar-refractivity contribution is -0.116. The molecule has 88 valence electrons. The van der Waals surface area contributed by atoms with Crippen molar-refractivity contribution in [3.05, 3.63) is 34.6 Å². The number of thioether (sulfide) groups is 1. The Morgan fingerprint density at radius 2 is 2.35 bits per heavy atom. The zero-order valence-electron chi connectivity index (χ0n) is 8.48. The van der Waals surface area contributed by atoms with Crippen LogP contribution >= 0.6 is 23.4 Å². The number of carbonyl (C=O) groups excluding carboxylic acids is 1. The fourth-order valence-electron chi connectivity index (χ4n) is 1.14. The third-order valence-corrected chi connectivity index (χ3v) is 3.10. The lowest BCUT2D eigenvalue weighted by Crippen LogP contribution is -2.19. The van der Waals surface area contributed by atoms with Crippen molar-refractivity contribution in [1.82, 2.24) is 5.32 Å². The zero-order chi connectivity index (χ0) is 12.3. The van der Waals surface area contributed by atoms with Crippen molar-refractivity contribution < 1.29 is 9.18 Å². The average molecular weight is 272 g/mol. The molecule has 1 aromatic carbocycles. The maximum Gasteiger partial charge on any atom is 0.236 e. The Morgan fingerprint density at radius 1 is 1.53 bits per heavy atom. The molecule has 1 amide bonds. The van der Waals surface area contributed by atoms with E-state index in [2.05, 4.69) is 15.5 Å². The molecule has 7 heteroatoms. The van der Waals surface area contributed by atoms with Crippen molar-refractivity contribution in [3.63, 3.8) is 0 Å². The minimum Gasteiger partial charge on any atom is -0.303 e. The largest absolute Gasteiger partial charge is 0.303 e. The third-order valence-electron chi connectivity index (χ3n) is 1.89. The second-order valence-corrected chi connectivity index (χ2v) is 4.52. The SMILES string of the molecule is O=C1CSC(=NN=Cc2cc(F)ccc2Cl)N1. The predicted molar refractivity (Wildman–Crippen MR) is 67.0 cm³/mol. The quantitative estimate of drug-likeness (QED) is 0.661. The van der Waals surface area contributed by atoms with Gasteiger partial charge in [-0.25, -0.2) is 4.39 Å². The molecule has 1 aliphatic rings. The molecule has 1 aromatic rings. The summed E-state index contributed by atoms with van der Waals surface area (Å²) >= 11 is 7.09. The molecular formula is C10H7ClFN3OS. The van der Waals surface area contributed by atoms with Crippen LogP contribution in [0.2, 0.25) is 5.02 Å². The van der Waals surface area contributed by atoms with Gasteiger partial charge in [-0.05, 0) is 18.2 Å². The van der Waals surface area contributed by atoms with Crippen LogP contribution in [0.15, 0.2) is 28.4 Å². The number of nitrogens with one attached hydrogen (secondary N) is 1. The van der Waals surface area contributed by atoms with Crippen LogP contribution in [0, 0.1) is 5.82 Å². The molecule has 0 saturated carbocycles. The Kier molecular flexibility index (Phi) is 3.75. The Labute approximate surface area is 106 Å². The van der Waals surface area contributed by atoms with Crippen LogP contribution in [0.3, 0.4) is 0 Å². The summed E-state index contributed by atoms with van der Waals surface area (Å²) in [6.45, 7) is 0. The van der Waals surface area contributed by atoms with Gasteiger partial charge in [0.05, 0.1) is 12.0 Å². The predicted octanol–water partition coefficient (Wildman–Crippen LogP) is 2.03. The van der Waals surface area contributed by atoms with Crippen molar-refractivity contribution in [3.8, 4) is 0 Å². The van der Waals surface area contributed by atoms with Gasteiger partial charge in [-0.1, -0.05) is 23.4 Å². The molecular weight excluding hydrogens is 265 g/mol. The highest BCUT2D eigenvalue weighted by atomic mass is 35.5. The van der Waals surface area contributed by atoms with Gasteiger partial charge in [0.15, 0.2) is 5.17 Å². The van der Waals surface area contributed by atoms with E-state index in [1.807, 2.05) is 0 Å². The van der Waals surface area contributed by atoms with Gasteiger partial charge in [-0.2, -0.15) is 5.10 Å². The van der Waals surface area contributed by atoms with Crippen LogP contribution in [0.1, 0.15) is 5.56 Å². The number of hydrogen-bond acceptors (Lipinski definition) is 4. The molecule has 1 heterocycles. The average Bonchev–Trinajstić information content (AvgIpc) is 2.69. The molecule has 1 aliphatic heterocycles. The second kappa shape index (κ2) is 5.29. The molecule has 0 atom stereocenters. The van der Waals surface area contributed by atoms with Gasteiger partial charge in [0, 0.05) is 10.6 Å². The molecule has 0 unspecified atom stereocenters. The van der Waals surface area contributed by atoms with E-state index >= 15 is 0 Å². The van der Waals surface area contributed by atoms with Crippen molar-refractivity contribution in [1.29, 1.82) is 0 Å². The van der Waals surface area contributed by atoms with E-state index in [0.717, 1.165) is 0 Å². The first-order chi connectivity index (χ1) is 8.15. The van der Waals surface area contributed by atoms with Gasteiger partial charge < -0.3 is 5.32 Å². The Hall–Kier alpha value is -1.40. The summed E-state index contributed by atoms with van der Waals surface area (Å²) in [5.74, 6) is -0.158. The third kappa shape index (κ3) is 3.28. The molecule has 0 spiro atoms. The smallest absolute Gasteiger partial charge is 0.236 e. The number of amides is 1. The monoisotopic (exact) mass is 271 g/mol. The maximum atomic E-state index is 12.9. The molecule has 0 radical (unpaired) electrons. The molecule has 2 rings (SSSR count). The van der Waals surface area contributed by atoms with E-state index in [-0.39, 0.29) is 5.91 Å². The number of benzene rings is 1. The Bertz CT molecular complexity index is 518. The minimum absolute atomic E-state index is 0.104. The van der Waals surface area contributed by atoms with Crippen molar-refractivity contribution >= 4 is 40.7 Å². The first kappa shape index (κ1) is 12.1. The van der Waals surface area contributed by atoms with Gasteiger partial charge in [-0.15, -0.1) is 5.10 Å². The van der Waals surface area contributed by atoms with E-state index in [9.17, 15) is 9.18 Å². The molecule has 4 nitrogen and oxygen atoms in total. The topological polar surface area (TPSA) is 53.8 Å². The number of carbonyl (C=O) groups is 1. The van der Waals surface area contributed by atoms with Gasteiger partial charge in [0.1, 0.15) is 5.82 Å². The number of hydrogen-bond donors (Lipinski definition) is 1. The standard InChI is InChI=1S/C10H7ClFN3OS/c11-8-2-1-7(12)3-6(8)4-13-15-10-14-9(16)5-17-10/h1-4H,5H2,(H,14,15,16). The first-order valence-electron chi connectivity index (χ1n) is 4.64. The van der Waals surface area contributed by atoms with Crippen molar-refractivity contribution in [2.24, 2.45) is 10.2 Å². The molecule has 0 aromatic heterocycles. The van der Waals surface area contributed by atoms with Crippen molar-refractivity contribution in [2.75, 3.05) is 5.75 Å². The Balaban J connectivity index is 2.10. The van der Waals surface area contributed by atoms with Crippen LogP contribution in [0.4, 0.5) is 4.39 Å². The summed E-state index contributed by atoms with van der Waals surface area (Å²) < 4.78 is 12.9. The van der Waals surface area contributed by atoms with Crippen LogP contribution in [0.5, 0.6) is 0 Å². The fourth-order valence-corrected chi connectivity index (χ4v) is 1.93.